The molecule has 8 heavy (non-hydrogen) atoms. The third-order valence-electron chi connectivity index (χ3n) is 0.839. The van der Waals surface area contributed by atoms with Gasteiger partial charge in [-0.05, 0) is 27.2 Å². The van der Waals surface area contributed by atoms with Gasteiger partial charge in [0.1, 0.15) is 5.67 Å². The van der Waals surface area contributed by atoms with E-state index in [2.05, 4.69) is 0 Å². The average Bonchev–Trinajstić information content (AvgIpc) is 1.59. The van der Waals surface area contributed by atoms with Gasteiger partial charge in [0.25, 0.3) is 0 Å². The van der Waals surface area contributed by atoms with Gasteiger partial charge in [-0.1, -0.05) is 12.2 Å². The van der Waals surface area contributed by atoms with Crippen LogP contribution in [0.1, 0.15) is 27.2 Å². The summed E-state index contributed by atoms with van der Waals surface area (Å²) in [6.45, 7) is 5.05. The molecule has 0 aromatic rings. The first kappa shape index (κ1) is 7.67. The molecule has 0 amide bonds. The van der Waals surface area contributed by atoms with Crippen LogP contribution in [0, 0.1) is 0 Å². The Labute approximate surface area is 50.4 Å². The van der Waals surface area contributed by atoms with Gasteiger partial charge in [-0.3, -0.25) is 0 Å². The summed E-state index contributed by atoms with van der Waals surface area (Å²) in [6, 6.07) is 0. The van der Waals surface area contributed by atoms with Gasteiger partial charge in [-0.15, -0.1) is 0 Å². The van der Waals surface area contributed by atoms with Gasteiger partial charge < -0.3 is 0 Å². The Hall–Kier alpha value is -0.330. The molecule has 0 unspecified atom stereocenters. The van der Waals surface area contributed by atoms with Crippen LogP contribution in [0.5, 0.6) is 0 Å². The minimum atomic E-state index is -1.04. The van der Waals surface area contributed by atoms with E-state index < -0.39 is 5.67 Å². The van der Waals surface area contributed by atoms with Crippen LogP contribution in [0.2, 0.25) is 0 Å². The number of alkyl halides is 1. The number of hydrogen-bond acceptors (Lipinski definition) is 0. The van der Waals surface area contributed by atoms with Gasteiger partial charge in [0.05, 0.1) is 0 Å². The van der Waals surface area contributed by atoms with Crippen LogP contribution >= 0.6 is 0 Å². The highest BCUT2D eigenvalue weighted by molar-refractivity contribution is 4.84. The van der Waals surface area contributed by atoms with Gasteiger partial charge in [0, 0.05) is 0 Å². The summed E-state index contributed by atoms with van der Waals surface area (Å²) in [5.74, 6) is 0. The molecular formula is C7H13F. The lowest BCUT2D eigenvalue weighted by Gasteiger charge is -2.08. The summed E-state index contributed by atoms with van der Waals surface area (Å²) in [6.07, 6.45) is 4.21. The SMILES string of the molecule is C/C=C\CC(C)(C)F. The highest BCUT2D eigenvalue weighted by atomic mass is 19.1. The van der Waals surface area contributed by atoms with E-state index in [1.807, 2.05) is 19.1 Å². The van der Waals surface area contributed by atoms with Crippen molar-refractivity contribution in [3.05, 3.63) is 12.2 Å². The molecule has 0 aliphatic rings. The molecule has 0 heterocycles. The van der Waals surface area contributed by atoms with Crippen molar-refractivity contribution >= 4 is 0 Å². The predicted molar refractivity (Wildman–Crippen MR) is 34.6 cm³/mol. The molecule has 1 heteroatoms. The zero-order valence-electron chi connectivity index (χ0n) is 5.74. The Bertz CT molecular complexity index is 76.9. The van der Waals surface area contributed by atoms with E-state index in [0.29, 0.717) is 6.42 Å². The van der Waals surface area contributed by atoms with Crippen LogP contribution < -0.4 is 0 Å². The van der Waals surface area contributed by atoms with Crippen molar-refractivity contribution in [1.29, 1.82) is 0 Å². The standard InChI is InChI=1S/C7H13F/c1-4-5-6-7(2,3)8/h4-5H,6H2,1-3H3/b5-4-. The van der Waals surface area contributed by atoms with Crippen LogP contribution in [0.25, 0.3) is 0 Å². The van der Waals surface area contributed by atoms with Gasteiger partial charge in [-0.25, -0.2) is 4.39 Å². The quantitative estimate of drug-likeness (QED) is 0.486. The molecule has 0 spiro atoms. The average molecular weight is 116 g/mol. The molecule has 0 aliphatic heterocycles. The lowest BCUT2D eigenvalue weighted by Crippen LogP contribution is -2.08. The van der Waals surface area contributed by atoms with Crippen LogP contribution in [-0.4, -0.2) is 5.67 Å². The fourth-order valence-electron chi connectivity index (χ4n) is 0.398. The number of hydrogen-bond donors (Lipinski definition) is 0. The van der Waals surface area contributed by atoms with E-state index >= 15 is 0 Å². The van der Waals surface area contributed by atoms with Gasteiger partial charge in [0.15, 0.2) is 0 Å². The van der Waals surface area contributed by atoms with E-state index in [1.165, 1.54) is 0 Å². The first-order valence-electron chi connectivity index (χ1n) is 2.86. The lowest BCUT2D eigenvalue weighted by molar-refractivity contribution is 0.221. The van der Waals surface area contributed by atoms with Crippen LogP contribution in [0.4, 0.5) is 4.39 Å². The molecule has 48 valence electrons. The maximum atomic E-state index is 12.5. The normalized spacial score (nSPS) is 13.0. The number of allylic oxidation sites excluding steroid dienone is 2. The highest BCUT2D eigenvalue weighted by Crippen LogP contribution is 2.13. The van der Waals surface area contributed by atoms with Crippen molar-refractivity contribution in [2.45, 2.75) is 32.9 Å². The van der Waals surface area contributed by atoms with Crippen molar-refractivity contribution in [2.24, 2.45) is 0 Å². The topological polar surface area (TPSA) is 0 Å². The zero-order chi connectivity index (χ0) is 6.62. The Morgan fingerprint density at radius 2 is 2.00 bits per heavy atom. The van der Waals surface area contributed by atoms with Crippen molar-refractivity contribution in [3.63, 3.8) is 0 Å². The predicted octanol–water partition coefficient (Wildman–Crippen LogP) is 2.70. The van der Waals surface area contributed by atoms with Gasteiger partial charge in [0.2, 0.25) is 0 Å². The van der Waals surface area contributed by atoms with E-state index in [9.17, 15) is 4.39 Å². The first-order valence-corrected chi connectivity index (χ1v) is 2.86. The second kappa shape index (κ2) is 2.85. The summed E-state index contributed by atoms with van der Waals surface area (Å²) < 4.78 is 12.5. The molecule has 0 saturated heterocycles. The van der Waals surface area contributed by atoms with Crippen molar-refractivity contribution in [2.75, 3.05) is 0 Å². The molecule has 0 saturated carbocycles. The van der Waals surface area contributed by atoms with E-state index in [4.69, 9.17) is 0 Å². The highest BCUT2D eigenvalue weighted by Gasteiger charge is 2.11. The van der Waals surface area contributed by atoms with E-state index in [-0.39, 0.29) is 0 Å². The summed E-state index contributed by atoms with van der Waals surface area (Å²) in [7, 11) is 0. The minimum Gasteiger partial charge on any atom is -0.244 e. The molecule has 0 rings (SSSR count). The van der Waals surface area contributed by atoms with E-state index in [0.717, 1.165) is 0 Å². The summed E-state index contributed by atoms with van der Waals surface area (Å²) in [5, 5.41) is 0. The maximum absolute atomic E-state index is 12.5. The summed E-state index contributed by atoms with van der Waals surface area (Å²) in [5.41, 5.74) is -1.04. The monoisotopic (exact) mass is 116 g/mol. The number of halogens is 1. The summed E-state index contributed by atoms with van der Waals surface area (Å²) >= 11 is 0. The molecule has 0 aliphatic carbocycles. The second-order valence-electron chi connectivity index (χ2n) is 2.49. The van der Waals surface area contributed by atoms with Crippen molar-refractivity contribution in [3.8, 4) is 0 Å². The van der Waals surface area contributed by atoms with Crippen LogP contribution in [0.15, 0.2) is 12.2 Å². The Morgan fingerprint density at radius 3 is 2.12 bits per heavy atom. The molecule has 0 bridgehead atoms. The van der Waals surface area contributed by atoms with Crippen molar-refractivity contribution < 1.29 is 4.39 Å². The molecule has 0 radical (unpaired) electrons. The molecule has 0 N–H and O–H groups in total. The fourth-order valence-corrected chi connectivity index (χ4v) is 0.398. The number of rotatable bonds is 2. The van der Waals surface area contributed by atoms with E-state index in [1.54, 1.807) is 13.8 Å². The lowest BCUT2D eigenvalue weighted by atomic mass is 10.1. The molecule has 0 fully saturated rings. The molecule has 0 aromatic heterocycles. The Balaban J connectivity index is 3.39. The van der Waals surface area contributed by atoms with Crippen molar-refractivity contribution in [1.82, 2.24) is 0 Å². The van der Waals surface area contributed by atoms with Crippen LogP contribution in [0.3, 0.4) is 0 Å². The first-order chi connectivity index (χ1) is 3.56. The third kappa shape index (κ3) is 5.67. The molecule has 0 atom stereocenters. The smallest absolute Gasteiger partial charge is 0.108 e. The third-order valence-corrected chi connectivity index (χ3v) is 0.839. The van der Waals surface area contributed by atoms with Crippen LogP contribution in [-0.2, 0) is 0 Å². The fraction of sp³-hybridized carbons (Fsp3) is 0.714. The minimum absolute atomic E-state index is 0.517. The largest absolute Gasteiger partial charge is 0.244 e. The zero-order valence-corrected chi connectivity index (χ0v) is 5.74. The Morgan fingerprint density at radius 1 is 1.50 bits per heavy atom. The van der Waals surface area contributed by atoms with Gasteiger partial charge in [-0.2, -0.15) is 0 Å². The Kier molecular flexibility index (Phi) is 2.74. The molecule has 0 aromatic carbocycles. The van der Waals surface area contributed by atoms with Gasteiger partial charge >= 0.3 is 0 Å². The molecule has 0 nitrogen and oxygen atoms in total. The summed E-state index contributed by atoms with van der Waals surface area (Å²) in [4.78, 5) is 0. The second-order valence-corrected chi connectivity index (χ2v) is 2.49. The maximum Gasteiger partial charge on any atom is 0.108 e. The molecular weight excluding hydrogens is 103 g/mol.